The number of carbonyl (C=O) groups excluding carboxylic acids is 1. The summed E-state index contributed by atoms with van der Waals surface area (Å²) in [5.74, 6) is -0.318. The summed E-state index contributed by atoms with van der Waals surface area (Å²) in [6.45, 7) is 0.802. The van der Waals surface area contributed by atoms with Crippen molar-refractivity contribution in [2.45, 2.75) is 12.2 Å². The molecule has 2 aliphatic heterocycles. The van der Waals surface area contributed by atoms with Crippen LogP contribution in [-0.2, 0) is 4.74 Å². The van der Waals surface area contributed by atoms with Crippen molar-refractivity contribution in [1.82, 2.24) is 9.58 Å². The predicted molar refractivity (Wildman–Crippen MR) is 127 cm³/mol. The fourth-order valence-corrected chi connectivity index (χ4v) is 4.62. The van der Waals surface area contributed by atoms with Crippen molar-refractivity contribution in [2.24, 2.45) is 0 Å². The van der Waals surface area contributed by atoms with Gasteiger partial charge >= 0.3 is 0 Å². The second-order valence-electron chi connectivity index (χ2n) is 8.13. The lowest BCUT2D eigenvalue weighted by molar-refractivity contribution is 0.0388. The lowest BCUT2D eigenvalue weighted by Gasteiger charge is -2.49. The fraction of sp³-hybridized carbons (Fsp3) is 0.231. The molecule has 1 amide bonds. The number of nitrogens with zero attached hydrogens (tertiary/aromatic N) is 3. The van der Waals surface area contributed by atoms with E-state index in [9.17, 15) is 14.7 Å². The molecule has 0 spiro atoms. The number of pyridine rings is 1. The summed E-state index contributed by atoms with van der Waals surface area (Å²) < 4.78 is 13.3. The molecule has 5 rings (SSSR count). The summed E-state index contributed by atoms with van der Waals surface area (Å²) in [6.07, 6.45) is 4.70. The number of aromatic hydroxyl groups is 1. The Hall–Kier alpha value is -4.04. The SMILES string of the molecule is COC[C@@H]1N2C/C=C\COc3ccccc3[C@@H](c3ccccc3)N1n1ccc(=O)c(O)c1C2=O. The van der Waals surface area contributed by atoms with E-state index in [-0.39, 0.29) is 18.8 Å². The van der Waals surface area contributed by atoms with E-state index < -0.39 is 29.3 Å². The first kappa shape index (κ1) is 21.8. The number of aromatic nitrogens is 1. The maximum Gasteiger partial charge on any atom is 0.278 e. The minimum atomic E-state index is -0.607. The number of hydrogen-bond acceptors (Lipinski definition) is 6. The molecule has 8 heteroatoms. The van der Waals surface area contributed by atoms with Gasteiger partial charge in [-0.15, -0.1) is 0 Å². The maximum atomic E-state index is 13.6. The summed E-state index contributed by atoms with van der Waals surface area (Å²) in [4.78, 5) is 27.5. The minimum absolute atomic E-state index is 0.0770. The molecule has 34 heavy (non-hydrogen) atoms. The summed E-state index contributed by atoms with van der Waals surface area (Å²) >= 11 is 0. The van der Waals surface area contributed by atoms with Crippen LogP contribution in [0.2, 0.25) is 0 Å². The third kappa shape index (κ3) is 3.62. The molecule has 3 aromatic rings. The Bertz CT molecular complexity index is 1290. The van der Waals surface area contributed by atoms with E-state index in [1.807, 2.05) is 71.8 Å². The topological polar surface area (TPSA) is 84.2 Å². The maximum absolute atomic E-state index is 13.6. The number of amides is 1. The minimum Gasteiger partial charge on any atom is -0.502 e. The van der Waals surface area contributed by atoms with Crippen LogP contribution in [0.5, 0.6) is 11.5 Å². The molecule has 1 aromatic heterocycles. The number of rotatable bonds is 3. The molecule has 0 unspecified atom stereocenters. The Balaban J connectivity index is 1.86. The molecule has 0 saturated heterocycles. The molecule has 174 valence electrons. The molecule has 0 saturated carbocycles. The monoisotopic (exact) mass is 459 g/mol. The van der Waals surface area contributed by atoms with Crippen molar-refractivity contribution in [1.29, 1.82) is 0 Å². The Kier molecular flexibility index (Phi) is 5.81. The van der Waals surface area contributed by atoms with Gasteiger partial charge < -0.3 is 19.5 Å². The highest BCUT2D eigenvalue weighted by molar-refractivity contribution is 5.96. The van der Waals surface area contributed by atoms with E-state index in [0.29, 0.717) is 12.4 Å². The van der Waals surface area contributed by atoms with Gasteiger partial charge in [-0.25, -0.2) is 0 Å². The molecule has 2 atom stereocenters. The first-order valence-electron chi connectivity index (χ1n) is 11.1. The van der Waals surface area contributed by atoms with Crippen LogP contribution in [-0.4, -0.2) is 53.6 Å². The van der Waals surface area contributed by atoms with Crippen molar-refractivity contribution < 1.29 is 19.4 Å². The van der Waals surface area contributed by atoms with Gasteiger partial charge in [-0.1, -0.05) is 54.6 Å². The number of methoxy groups -OCH3 is 1. The molecule has 0 aliphatic carbocycles. The van der Waals surface area contributed by atoms with Gasteiger partial charge in [-0.3, -0.25) is 19.3 Å². The van der Waals surface area contributed by atoms with Crippen LogP contribution in [0.4, 0.5) is 0 Å². The predicted octanol–water partition coefficient (Wildman–Crippen LogP) is 2.66. The fourth-order valence-electron chi connectivity index (χ4n) is 4.62. The van der Waals surface area contributed by atoms with Gasteiger partial charge in [0.2, 0.25) is 5.43 Å². The molecule has 2 bridgehead atoms. The van der Waals surface area contributed by atoms with Crippen LogP contribution in [0.25, 0.3) is 0 Å². The van der Waals surface area contributed by atoms with Gasteiger partial charge in [0, 0.05) is 31.5 Å². The van der Waals surface area contributed by atoms with Crippen LogP contribution in [0, 0.1) is 0 Å². The zero-order valence-corrected chi connectivity index (χ0v) is 18.7. The lowest BCUT2D eigenvalue weighted by Crippen LogP contribution is -2.64. The number of benzene rings is 2. The number of carbonyl (C=O) groups is 1. The van der Waals surface area contributed by atoms with Gasteiger partial charge in [0.25, 0.3) is 5.91 Å². The average Bonchev–Trinajstić information content (AvgIpc) is 2.87. The van der Waals surface area contributed by atoms with Gasteiger partial charge in [-0.05, 0) is 17.7 Å². The van der Waals surface area contributed by atoms with Crippen LogP contribution >= 0.6 is 0 Å². The van der Waals surface area contributed by atoms with E-state index in [4.69, 9.17) is 9.47 Å². The largest absolute Gasteiger partial charge is 0.502 e. The normalized spacial score (nSPS) is 20.6. The van der Waals surface area contributed by atoms with Gasteiger partial charge in [0.1, 0.15) is 24.6 Å². The van der Waals surface area contributed by atoms with E-state index in [2.05, 4.69) is 0 Å². The van der Waals surface area contributed by atoms with Gasteiger partial charge in [0.15, 0.2) is 11.4 Å². The molecule has 2 aromatic carbocycles. The molecule has 8 nitrogen and oxygen atoms in total. The summed E-state index contributed by atoms with van der Waals surface area (Å²) in [5.41, 5.74) is 1.14. The standard InChI is InChI=1S/C26H25N3O5/c1-33-17-22-27-14-7-8-16-34-21-12-6-5-11-19(21)23(18-9-3-2-4-10-18)29(22)28-15-13-20(30)25(31)24(28)26(27)32/h2-13,15,22-23,31H,14,16-17H2,1H3/b8-7-/t22-,23-/m1/s1. The Morgan fingerprint density at radius 2 is 1.79 bits per heavy atom. The van der Waals surface area contributed by atoms with Gasteiger partial charge in [-0.2, -0.15) is 0 Å². The van der Waals surface area contributed by atoms with Crippen LogP contribution in [0.3, 0.4) is 0 Å². The van der Waals surface area contributed by atoms with Crippen molar-refractivity contribution in [2.75, 3.05) is 31.9 Å². The van der Waals surface area contributed by atoms with E-state index >= 15 is 0 Å². The average molecular weight is 460 g/mol. The molecular weight excluding hydrogens is 434 g/mol. The quantitative estimate of drug-likeness (QED) is 0.607. The Morgan fingerprint density at radius 3 is 2.59 bits per heavy atom. The molecule has 3 heterocycles. The van der Waals surface area contributed by atoms with Crippen molar-refractivity contribution in [3.05, 3.63) is 106 Å². The second kappa shape index (κ2) is 9.07. The van der Waals surface area contributed by atoms with Crippen LogP contribution in [0.1, 0.15) is 27.7 Å². The highest BCUT2D eigenvalue weighted by Gasteiger charge is 2.43. The third-order valence-corrected chi connectivity index (χ3v) is 6.14. The molecular formula is C26H25N3O5. The first-order valence-corrected chi connectivity index (χ1v) is 11.1. The van der Waals surface area contributed by atoms with Gasteiger partial charge in [0.05, 0.1) is 6.61 Å². The van der Waals surface area contributed by atoms with E-state index in [1.165, 1.54) is 12.3 Å². The zero-order valence-electron chi connectivity index (χ0n) is 18.7. The summed E-state index contributed by atoms with van der Waals surface area (Å²) in [5, 5.41) is 12.7. The Labute approximate surface area is 196 Å². The molecule has 0 fully saturated rings. The smallest absolute Gasteiger partial charge is 0.278 e. The number of hydrogen-bond donors (Lipinski definition) is 1. The zero-order chi connectivity index (χ0) is 23.7. The van der Waals surface area contributed by atoms with Crippen LogP contribution < -0.4 is 15.2 Å². The summed E-state index contributed by atoms with van der Waals surface area (Å²) in [6, 6.07) is 18.5. The number of para-hydroxylation sites is 1. The first-order chi connectivity index (χ1) is 16.6. The molecule has 2 aliphatic rings. The van der Waals surface area contributed by atoms with Crippen LogP contribution in [0.15, 0.2) is 83.8 Å². The highest BCUT2D eigenvalue weighted by atomic mass is 16.5. The third-order valence-electron chi connectivity index (χ3n) is 6.14. The summed E-state index contributed by atoms with van der Waals surface area (Å²) in [7, 11) is 1.59. The number of fused-ring (bicyclic) bond motifs is 5. The lowest BCUT2D eigenvalue weighted by atomic mass is 9.96. The van der Waals surface area contributed by atoms with Crippen molar-refractivity contribution >= 4 is 5.91 Å². The van der Waals surface area contributed by atoms with Crippen molar-refractivity contribution in [3.63, 3.8) is 0 Å². The molecule has 0 radical (unpaired) electrons. The van der Waals surface area contributed by atoms with E-state index in [1.54, 1.807) is 16.7 Å². The molecule has 1 N–H and O–H groups in total. The van der Waals surface area contributed by atoms with Crippen molar-refractivity contribution in [3.8, 4) is 11.5 Å². The second-order valence-corrected chi connectivity index (χ2v) is 8.13. The Morgan fingerprint density at radius 1 is 1.03 bits per heavy atom. The highest BCUT2D eigenvalue weighted by Crippen LogP contribution is 2.38. The number of ether oxygens (including phenoxy) is 2. The van der Waals surface area contributed by atoms with E-state index in [0.717, 1.165) is 11.1 Å².